The summed E-state index contributed by atoms with van der Waals surface area (Å²) in [7, 11) is 0. The molecular weight excluding hydrogens is 234 g/mol. The van der Waals surface area contributed by atoms with Crippen LogP contribution >= 0.6 is 0 Å². The van der Waals surface area contributed by atoms with Gasteiger partial charge in [0.25, 0.3) is 0 Å². The molecule has 0 fully saturated rings. The van der Waals surface area contributed by atoms with Crippen molar-refractivity contribution in [2.75, 3.05) is 0 Å². The Morgan fingerprint density at radius 1 is 1.22 bits per heavy atom. The molecule has 0 bridgehead atoms. The summed E-state index contributed by atoms with van der Waals surface area (Å²) in [6.07, 6.45) is 4.62. The number of nitrogens with zero attached hydrogens (tertiary/aromatic N) is 5. The third-order valence-electron chi connectivity index (χ3n) is 2.37. The van der Waals surface area contributed by atoms with E-state index in [-0.39, 0.29) is 5.82 Å². The lowest BCUT2D eigenvalue weighted by Crippen LogP contribution is -2.06. The summed E-state index contributed by atoms with van der Waals surface area (Å²) in [5.41, 5.74) is 0.418. The maximum Gasteiger partial charge on any atom is 0.374 e. The fourth-order valence-corrected chi connectivity index (χ4v) is 1.57. The van der Waals surface area contributed by atoms with Gasteiger partial charge in [0.05, 0.1) is 11.6 Å². The Kier molecular flexibility index (Phi) is 2.23. The Labute approximate surface area is 101 Å². The molecule has 0 saturated carbocycles. The third-order valence-corrected chi connectivity index (χ3v) is 2.37. The van der Waals surface area contributed by atoms with Crippen molar-refractivity contribution in [3.8, 4) is 5.82 Å². The first-order valence-corrected chi connectivity index (χ1v) is 5.11. The van der Waals surface area contributed by atoms with Gasteiger partial charge < -0.3 is 5.11 Å². The van der Waals surface area contributed by atoms with Gasteiger partial charge in [0, 0.05) is 12.4 Å². The van der Waals surface area contributed by atoms with Gasteiger partial charge in [-0.25, -0.2) is 19.7 Å². The molecule has 18 heavy (non-hydrogen) atoms. The summed E-state index contributed by atoms with van der Waals surface area (Å²) in [5.74, 6) is -0.867. The summed E-state index contributed by atoms with van der Waals surface area (Å²) in [6.45, 7) is 0. The number of carbonyl (C=O) groups is 1. The quantitative estimate of drug-likeness (QED) is 0.716. The van der Waals surface area contributed by atoms with Crippen LogP contribution in [0.4, 0.5) is 0 Å². The average Bonchev–Trinajstić information content (AvgIpc) is 2.82. The van der Waals surface area contributed by atoms with Crippen LogP contribution in [0.2, 0.25) is 0 Å². The average molecular weight is 241 g/mol. The van der Waals surface area contributed by atoms with E-state index in [0.717, 1.165) is 0 Å². The minimum atomic E-state index is -1.18. The fraction of sp³-hybridized carbons (Fsp3) is 0. The molecule has 0 spiro atoms. The molecule has 3 heterocycles. The summed E-state index contributed by atoms with van der Waals surface area (Å²) in [6, 6.07) is 5.36. The number of carboxylic acid groups (broad SMARTS) is 1. The number of pyridine rings is 1. The van der Waals surface area contributed by atoms with E-state index in [4.69, 9.17) is 5.11 Å². The molecule has 3 aromatic rings. The molecule has 3 aromatic heterocycles. The molecule has 0 aromatic carbocycles. The van der Waals surface area contributed by atoms with Gasteiger partial charge in [0.1, 0.15) is 0 Å². The zero-order chi connectivity index (χ0) is 12.5. The van der Waals surface area contributed by atoms with Crippen molar-refractivity contribution in [2.24, 2.45) is 0 Å². The molecule has 0 radical (unpaired) electrons. The summed E-state index contributed by atoms with van der Waals surface area (Å²) < 4.78 is 1.48. The summed E-state index contributed by atoms with van der Waals surface area (Å²) in [5, 5.41) is 13.7. The Bertz CT molecular complexity index is 723. The number of rotatable bonds is 2. The van der Waals surface area contributed by atoms with Crippen molar-refractivity contribution in [3.63, 3.8) is 0 Å². The molecule has 7 heteroatoms. The highest BCUT2D eigenvalue weighted by atomic mass is 16.4. The van der Waals surface area contributed by atoms with Crippen LogP contribution in [0.1, 0.15) is 10.6 Å². The van der Waals surface area contributed by atoms with E-state index in [1.807, 2.05) is 6.07 Å². The van der Waals surface area contributed by atoms with Crippen molar-refractivity contribution in [3.05, 3.63) is 42.6 Å². The second-order valence-electron chi connectivity index (χ2n) is 3.52. The lowest BCUT2D eigenvalue weighted by molar-refractivity contribution is 0.0684. The predicted molar refractivity (Wildman–Crippen MR) is 61.4 cm³/mol. The predicted octanol–water partition coefficient (Wildman–Crippen LogP) is 0.909. The SMILES string of the molecule is O=C(O)c1ncc2cnn(-c3ccccn3)c2n1. The van der Waals surface area contributed by atoms with Gasteiger partial charge in [0.15, 0.2) is 11.5 Å². The smallest absolute Gasteiger partial charge is 0.374 e. The van der Waals surface area contributed by atoms with Gasteiger partial charge in [0.2, 0.25) is 5.82 Å². The number of hydrogen-bond acceptors (Lipinski definition) is 5. The lowest BCUT2D eigenvalue weighted by Gasteiger charge is -2.01. The normalized spacial score (nSPS) is 10.7. The van der Waals surface area contributed by atoms with E-state index >= 15 is 0 Å². The molecule has 0 saturated heterocycles. The molecule has 0 amide bonds. The van der Waals surface area contributed by atoms with E-state index in [1.165, 1.54) is 10.9 Å². The van der Waals surface area contributed by atoms with Crippen LogP contribution in [0.25, 0.3) is 16.9 Å². The molecule has 0 aliphatic carbocycles. The van der Waals surface area contributed by atoms with Gasteiger partial charge in [-0.3, -0.25) is 0 Å². The molecule has 0 atom stereocenters. The van der Waals surface area contributed by atoms with E-state index < -0.39 is 5.97 Å². The number of hydrogen-bond donors (Lipinski definition) is 1. The van der Waals surface area contributed by atoms with Crippen LogP contribution < -0.4 is 0 Å². The van der Waals surface area contributed by atoms with Crippen molar-refractivity contribution >= 4 is 17.0 Å². The molecule has 0 aliphatic heterocycles. The summed E-state index contributed by atoms with van der Waals surface area (Å²) in [4.78, 5) is 22.7. The van der Waals surface area contributed by atoms with Crippen molar-refractivity contribution < 1.29 is 9.90 Å². The fourth-order valence-electron chi connectivity index (χ4n) is 1.57. The first-order chi connectivity index (χ1) is 8.75. The Morgan fingerprint density at radius 3 is 2.83 bits per heavy atom. The third kappa shape index (κ3) is 1.58. The highest BCUT2D eigenvalue weighted by molar-refractivity contribution is 5.86. The number of aromatic carboxylic acids is 1. The molecule has 0 unspecified atom stereocenters. The second kappa shape index (κ2) is 3.88. The zero-order valence-electron chi connectivity index (χ0n) is 9.06. The monoisotopic (exact) mass is 241 g/mol. The van der Waals surface area contributed by atoms with Crippen LogP contribution in [-0.2, 0) is 0 Å². The first kappa shape index (κ1) is 10.3. The molecule has 7 nitrogen and oxygen atoms in total. The summed E-state index contributed by atoms with van der Waals surface area (Å²) >= 11 is 0. The van der Waals surface area contributed by atoms with Crippen molar-refractivity contribution in [1.82, 2.24) is 24.7 Å². The van der Waals surface area contributed by atoms with Crippen LogP contribution in [0.3, 0.4) is 0 Å². The van der Waals surface area contributed by atoms with E-state index in [1.54, 1.807) is 24.5 Å². The van der Waals surface area contributed by atoms with Gasteiger partial charge in [-0.1, -0.05) is 6.07 Å². The first-order valence-electron chi connectivity index (χ1n) is 5.11. The van der Waals surface area contributed by atoms with Gasteiger partial charge in [-0.2, -0.15) is 9.78 Å². The second-order valence-corrected chi connectivity index (χ2v) is 3.52. The Morgan fingerprint density at radius 2 is 2.11 bits per heavy atom. The minimum Gasteiger partial charge on any atom is -0.475 e. The topological polar surface area (TPSA) is 93.8 Å². The number of aromatic nitrogens is 5. The Balaban J connectivity index is 2.24. The minimum absolute atomic E-state index is 0.264. The molecule has 3 rings (SSSR count). The molecule has 1 N–H and O–H groups in total. The molecule has 0 aliphatic rings. The van der Waals surface area contributed by atoms with Gasteiger partial charge in [-0.15, -0.1) is 0 Å². The number of fused-ring (bicyclic) bond motifs is 1. The lowest BCUT2D eigenvalue weighted by atomic mass is 10.4. The number of carboxylic acids is 1. The highest BCUT2D eigenvalue weighted by Crippen LogP contribution is 2.13. The van der Waals surface area contributed by atoms with Gasteiger partial charge >= 0.3 is 5.97 Å². The largest absolute Gasteiger partial charge is 0.475 e. The maximum atomic E-state index is 10.8. The van der Waals surface area contributed by atoms with Crippen LogP contribution in [0.5, 0.6) is 0 Å². The van der Waals surface area contributed by atoms with Gasteiger partial charge in [-0.05, 0) is 12.1 Å². The Hall–Kier alpha value is -2.83. The van der Waals surface area contributed by atoms with Crippen molar-refractivity contribution in [1.29, 1.82) is 0 Å². The molecule has 88 valence electrons. The van der Waals surface area contributed by atoms with E-state index in [0.29, 0.717) is 16.9 Å². The van der Waals surface area contributed by atoms with Crippen molar-refractivity contribution in [2.45, 2.75) is 0 Å². The van der Waals surface area contributed by atoms with Crippen LogP contribution in [-0.4, -0.2) is 35.8 Å². The standard InChI is InChI=1S/C11H7N5O2/c17-11(18)9-13-5-7-6-14-16(10(7)15-9)8-3-1-2-4-12-8/h1-6H,(H,17,18). The zero-order valence-corrected chi connectivity index (χ0v) is 9.06. The van der Waals surface area contributed by atoms with Crippen LogP contribution in [0.15, 0.2) is 36.8 Å². The van der Waals surface area contributed by atoms with E-state index in [9.17, 15) is 4.79 Å². The highest BCUT2D eigenvalue weighted by Gasteiger charge is 2.12. The van der Waals surface area contributed by atoms with Crippen LogP contribution in [0, 0.1) is 0 Å². The maximum absolute atomic E-state index is 10.8. The van der Waals surface area contributed by atoms with E-state index in [2.05, 4.69) is 20.1 Å². The molecular formula is C11H7N5O2.